The molecule has 0 aliphatic heterocycles. The zero-order valence-electron chi connectivity index (χ0n) is 10.1. The summed E-state index contributed by atoms with van der Waals surface area (Å²) >= 11 is 6.06. The van der Waals surface area contributed by atoms with Gasteiger partial charge in [-0.15, -0.1) is 0 Å². The van der Waals surface area contributed by atoms with Gasteiger partial charge in [0.15, 0.2) is 0 Å². The Kier molecular flexibility index (Phi) is 3.22. The van der Waals surface area contributed by atoms with Crippen LogP contribution in [0.3, 0.4) is 0 Å². The number of aryl methyl sites for hydroxylation is 2. The van der Waals surface area contributed by atoms with Crippen molar-refractivity contribution in [3.05, 3.63) is 34.4 Å². The number of halogens is 1. The topological polar surface area (TPSA) is 55.9 Å². The molecule has 1 unspecified atom stereocenters. The van der Waals surface area contributed by atoms with E-state index in [2.05, 4.69) is 10.2 Å². The summed E-state index contributed by atoms with van der Waals surface area (Å²) in [5, 5.41) is 19.1. The minimum atomic E-state index is -0.793. The molecule has 0 aliphatic rings. The Morgan fingerprint density at radius 2 is 2.12 bits per heavy atom. The van der Waals surface area contributed by atoms with Gasteiger partial charge in [-0.1, -0.05) is 11.6 Å². The first kappa shape index (κ1) is 12.1. The van der Waals surface area contributed by atoms with Crippen LogP contribution in [0, 0.1) is 6.92 Å². The number of aromatic nitrogens is 4. The monoisotopic (exact) mass is 254 g/mol. The molecular weight excluding hydrogens is 240 g/mol. The molecule has 92 valence electrons. The summed E-state index contributed by atoms with van der Waals surface area (Å²) < 4.78 is 3.42. The Hall–Kier alpha value is -1.33. The molecule has 0 saturated heterocycles. The molecule has 2 heterocycles. The van der Waals surface area contributed by atoms with Crippen LogP contribution in [0.4, 0.5) is 0 Å². The molecule has 0 bridgehead atoms. The zero-order valence-corrected chi connectivity index (χ0v) is 10.8. The van der Waals surface area contributed by atoms with E-state index < -0.39 is 6.10 Å². The van der Waals surface area contributed by atoms with Crippen molar-refractivity contribution in [1.82, 2.24) is 19.6 Å². The lowest BCUT2D eigenvalue weighted by molar-refractivity contribution is 0.207. The molecule has 0 radical (unpaired) electrons. The van der Waals surface area contributed by atoms with Crippen molar-refractivity contribution in [3.63, 3.8) is 0 Å². The summed E-state index contributed by atoms with van der Waals surface area (Å²) in [7, 11) is 1.84. The number of rotatable bonds is 3. The van der Waals surface area contributed by atoms with Crippen molar-refractivity contribution >= 4 is 11.6 Å². The maximum atomic E-state index is 10.4. The molecule has 0 aromatic carbocycles. The standard InChI is InChI=1S/C11H15ClN4O/c1-4-16-10(9(12)6-14-16)11(17)8-5-13-15(3)7(8)2/h5-6,11,17H,4H2,1-3H3. The van der Waals surface area contributed by atoms with Crippen LogP contribution in [0.1, 0.15) is 30.0 Å². The van der Waals surface area contributed by atoms with Crippen molar-refractivity contribution in [2.24, 2.45) is 7.05 Å². The molecule has 2 rings (SSSR count). The van der Waals surface area contributed by atoms with Gasteiger partial charge in [0.25, 0.3) is 0 Å². The molecule has 1 N–H and O–H groups in total. The number of hydrogen-bond donors (Lipinski definition) is 1. The molecule has 2 aromatic rings. The molecular formula is C11H15ClN4O. The van der Waals surface area contributed by atoms with Gasteiger partial charge < -0.3 is 5.11 Å². The van der Waals surface area contributed by atoms with Gasteiger partial charge in [-0.3, -0.25) is 9.36 Å². The highest BCUT2D eigenvalue weighted by Crippen LogP contribution is 2.29. The van der Waals surface area contributed by atoms with E-state index in [0.717, 1.165) is 11.3 Å². The molecule has 2 aromatic heterocycles. The van der Waals surface area contributed by atoms with Crippen LogP contribution in [0.2, 0.25) is 5.02 Å². The molecule has 0 fully saturated rings. The maximum absolute atomic E-state index is 10.4. The Morgan fingerprint density at radius 3 is 2.65 bits per heavy atom. The fraction of sp³-hybridized carbons (Fsp3) is 0.455. The van der Waals surface area contributed by atoms with Gasteiger partial charge in [-0.25, -0.2) is 0 Å². The van der Waals surface area contributed by atoms with E-state index in [0.29, 0.717) is 17.3 Å². The van der Waals surface area contributed by atoms with Crippen LogP contribution < -0.4 is 0 Å². The van der Waals surface area contributed by atoms with Gasteiger partial charge in [0.2, 0.25) is 0 Å². The summed E-state index contributed by atoms with van der Waals surface area (Å²) in [4.78, 5) is 0. The lowest BCUT2D eigenvalue weighted by atomic mass is 10.1. The number of aliphatic hydroxyl groups is 1. The lowest BCUT2D eigenvalue weighted by Crippen LogP contribution is -2.10. The molecule has 0 spiro atoms. The first-order valence-corrected chi connectivity index (χ1v) is 5.81. The van der Waals surface area contributed by atoms with Crippen LogP contribution in [0.5, 0.6) is 0 Å². The van der Waals surface area contributed by atoms with Crippen molar-refractivity contribution in [1.29, 1.82) is 0 Å². The van der Waals surface area contributed by atoms with Gasteiger partial charge >= 0.3 is 0 Å². The summed E-state index contributed by atoms with van der Waals surface area (Å²) in [6, 6.07) is 0. The number of hydrogen-bond acceptors (Lipinski definition) is 3. The van der Waals surface area contributed by atoms with E-state index in [1.807, 2.05) is 20.9 Å². The Morgan fingerprint density at radius 1 is 1.41 bits per heavy atom. The third kappa shape index (κ3) is 1.96. The van der Waals surface area contributed by atoms with Crippen LogP contribution in [0.25, 0.3) is 0 Å². The van der Waals surface area contributed by atoms with Crippen LogP contribution in [0.15, 0.2) is 12.4 Å². The highest BCUT2D eigenvalue weighted by molar-refractivity contribution is 6.31. The minimum absolute atomic E-state index is 0.475. The van der Waals surface area contributed by atoms with Crippen molar-refractivity contribution < 1.29 is 5.11 Å². The van der Waals surface area contributed by atoms with Gasteiger partial charge in [0.1, 0.15) is 6.10 Å². The van der Waals surface area contributed by atoms with Gasteiger partial charge in [0.05, 0.1) is 23.1 Å². The van der Waals surface area contributed by atoms with E-state index in [4.69, 9.17) is 11.6 Å². The van der Waals surface area contributed by atoms with E-state index in [1.54, 1.807) is 21.8 Å². The summed E-state index contributed by atoms with van der Waals surface area (Å²) in [5.41, 5.74) is 2.28. The van der Waals surface area contributed by atoms with Gasteiger partial charge in [-0.05, 0) is 13.8 Å². The normalized spacial score (nSPS) is 13.0. The average Bonchev–Trinajstić information content (AvgIpc) is 2.83. The van der Waals surface area contributed by atoms with E-state index in [1.165, 1.54) is 0 Å². The smallest absolute Gasteiger partial charge is 0.125 e. The van der Waals surface area contributed by atoms with E-state index in [-0.39, 0.29) is 0 Å². The third-order valence-corrected chi connectivity index (χ3v) is 3.25. The summed E-state index contributed by atoms with van der Waals surface area (Å²) in [5.74, 6) is 0. The molecule has 1 atom stereocenters. The van der Waals surface area contributed by atoms with E-state index >= 15 is 0 Å². The molecule has 5 nitrogen and oxygen atoms in total. The van der Waals surface area contributed by atoms with Gasteiger partial charge in [-0.2, -0.15) is 10.2 Å². The number of aliphatic hydroxyl groups excluding tert-OH is 1. The average molecular weight is 255 g/mol. The predicted octanol–water partition coefficient (Wildman–Crippen LogP) is 1.68. The molecule has 17 heavy (non-hydrogen) atoms. The summed E-state index contributed by atoms with van der Waals surface area (Å²) in [6.45, 7) is 4.53. The maximum Gasteiger partial charge on any atom is 0.125 e. The Bertz CT molecular complexity index is 532. The van der Waals surface area contributed by atoms with Crippen LogP contribution >= 0.6 is 11.6 Å². The fourth-order valence-corrected chi connectivity index (χ4v) is 2.07. The predicted molar refractivity (Wildman–Crippen MR) is 64.9 cm³/mol. The Balaban J connectivity index is 2.46. The quantitative estimate of drug-likeness (QED) is 0.907. The zero-order chi connectivity index (χ0) is 12.6. The van der Waals surface area contributed by atoms with E-state index in [9.17, 15) is 5.11 Å². The SMILES string of the molecule is CCn1ncc(Cl)c1C(O)c1cnn(C)c1C. The van der Waals surface area contributed by atoms with Crippen LogP contribution in [-0.2, 0) is 13.6 Å². The molecule has 0 saturated carbocycles. The first-order valence-electron chi connectivity index (χ1n) is 5.44. The minimum Gasteiger partial charge on any atom is -0.382 e. The van der Waals surface area contributed by atoms with Crippen molar-refractivity contribution in [3.8, 4) is 0 Å². The second-order valence-corrected chi connectivity index (χ2v) is 4.31. The molecule has 0 aliphatic carbocycles. The molecule has 6 heteroatoms. The van der Waals surface area contributed by atoms with Crippen molar-refractivity contribution in [2.75, 3.05) is 0 Å². The van der Waals surface area contributed by atoms with Crippen molar-refractivity contribution in [2.45, 2.75) is 26.5 Å². The highest BCUT2D eigenvalue weighted by Gasteiger charge is 2.22. The second-order valence-electron chi connectivity index (χ2n) is 3.90. The summed E-state index contributed by atoms with van der Waals surface area (Å²) in [6.07, 6.45) is 2.41. The lowest BCUT2D eigenvalue weighted by Gasteiger charge is -2.12. The number of nitrogens with zero attached hydrogens (tertiary/aromatic N) is 4. The molecule has 0 amide bonds. The largest absolute Gasteiger partial charge is 0.382 e. The first-order chi connectivity index (χ1) is 8.06. The van der Waals surface area contributed by atoms with Crippen LogP contribution in [-0.4, -0.2) is 24.7 Å². The Labute approximate surface area is 105 Å². The second kappa shape index (κ2) is 4.50. The van der Waals surface area contributed by atoms with Gasteiger partial charge in [0, 0.05) is 24.8 Å². The third-order valence-electron chi connectivity index (χ3n) is 2.96. The fourth-order valence-electron chi connectivity index (χ4n) is 1.83. The highest BCUT2D eigenvalue weighted by atomic mass is 35.5.